The molecule has 3 nitrogen and oxygen atoms in total. The maximum atomic E-state index is 12.5. The molecule has 1 aromatic carbocycles. The highest BCUT2D eigenvalue weighted by Crippen LogP contribution is 2.28. The van der Waals surface area contributed by atoms with Crippen molar-refractivity contribution in [1.29, 1.82) is 0 Å². The van der Waals surface area contributed by atoms with E-state index in [2.05, 4.69) is 5.10 Å². The van der Waals surface area contributed by atoms with Gasteiger partial charge in [0.2, 0.25) is 0 Å². The minimum atomic E-state index is -4.45. The molecule has 0 spiro atoms. The van der Waals surface area contributed by atoms with Crippen LogP contribution in [0.25, 0.3) is 5.69 Å². The van der Waals surface area contributed by atoms with Crippen LogP contribution in [0.2, 0.25) is 0 Å². The predicted octanol–water partition coefficient (Wildman–Crippen LogP) is 2.83. The second-order valence-electron chi connectivity index (χ2n) is 4.01. The van der Waals surface area contributed by atoms with Gasteiger partial charge >= 0.3 is 6.18 Å². The van der Waals surface area contributed by atoms with E-state index in [-0.39, 0.29) is 4.99 Å². The van der Waals surface area contributed by atoms with Crippen molar-refractivity contribution in [2.45, 2.75) is 13.1 Å². The van der Waals surface area contributed by atoms with Gasteiger partial charge < -0.3 is 5.73 Å². The number of nitrogens with zero attached hydrogens (tertiary/aromatic N) is 2. The van der Waals surface area contributed by atoms with Crippen LogP contribution >= 0.6 is 12.2 Å². The van der Waals surface area contributed by atoms with Crippen molar-refractivity contribution in [2.24, 2.45) is 5.73 Å². The van der Waals surface area contributed by atoms with Gasteiger partial charge in [0.05, 0.1) is 5.69 Å². The maximum absolute atomic E-state index is 12.5. The Kier molecular flexibility index (Phi) is 3.32. The third-order valence-corrected chi connectivity index (χ3v) is 2.84. The van der Waals surface area contributed by atoms with Crippen LogP contribution in [0, 0.1) is 6.92 Å². The van der Waals surface area contributed by atoms with E-state index in [1.165, 1.54) is 10.9 Å². The number of aryl methyl sites for hydroxylation is 1. The van der Waals surface area contributed by atoms with Gasteiger partial charge in [0.1, 0.15) is 4.99 Å². The fourth-order valence-corrected chi connectivity index (χ4v) is 1.91. The number of aromatic nitrogens is 2. The summed E-state index contributed by atoms with van der Waals surface area (Å²) in [6.07, 6.45) is -3.18. The number of thiocarbonyl (C=S) groups is 1. The van der Waals surface area contributed by atoms with Gasteiger partial charge in [-0.3, -0.25) is 0 Å². The smallest absolute Gasteiger partial charge is 0.389 e. The Morgan fingerprint density at radius 1 is 1.32 bits per heavy atom. The first-order valence-corrected chi connectivity index (χ1v) is 5.73. The first-order valence-electron chi connectivity index (χ1n) is 5.33. The fourth-order valence-electron chi connectivity index (χ4n) is 1.69. The van der Waals surface area contributed by atoms with Crippen molar-refractivity contribution >= 4 is 17.2 Å². The minimum Gasteiger partial charge on any atom is -0.389 e. The van der Waals surface area contributed by atoms with Crippen LogP contribution in [0.4, 0.5) is 13.2 Å². The van der Waals surface area contributed by atoms with Crippen LogP contribution in [0.3, 0.4) is 0 Å². The summed E-state index contributed by atoms with van der Waals surface area (Å²) in [5.41, 5.74) is 6.60. The molecule has 0 aliphatic heterocycles. The zero-order valence-corrected chi connectivity index (χ0v) is 10.7. The van der Waals surface area contributed by atoms with Crippen molar-refractivity contribution < 1.29 is 13.2 Å². The molecule has 0 fully saturated rings. The van der Waals surface area contributed by atoms with Crippen LogP contribution in [0.1, 0.15) is 16.8 Å². The quantitative estimate of drug-likeness (QED) is 0.863. The van der Waals surface area contributed by atoms with Crippen LogP contribution < -0.4 is 5.73 Å². The molecule has 19 heavy (non-hydrogen) atoms. The maximum Gasteiger partial charge on any atom is 0.435 e. The predicted molar refractivity (Wildman–Crippen MR) is 69.2 cm³/mol. The first-order chi connectivity index (χ1) is 8.79. The van der Waals surface area contributed by atoms with E-state index in [4.69, 9.17) is 18.0 Å². The van der Waals surface area contributed by atoms with Gasteiger partial charge in [-0.05, 0) is 36.8 Å². The lowest BCUT2D eigenvalue weighted by Crippen LogP contribution is -2.12. The van der Waals surface area contributed by atoms with E-state index in [9.17, 15) is 13.2 Å². The molecular weight excluding hydrogens is 275 g/mol. The minimum absolute atomic E-state index is 0.250. The summed E-state index contributed by atoms with van der Waals surface area (Å²) in [7, 11) is 0. The third kappa shape index (κ3) is 2.76. The normalized spacial score (nSPS) is 11.6. The number of rotatable bonds is 2. The Morgan fingerprint density at radius 2 is 2.00 bits per heavy atom. The highest BCUT2D eigenvalue weighted by molar-refractivity contribution is 7.80. The van der Waals surface area contributed by atoms with Crippen molar-refractivity contribution in [3.8, 4) is 5.69 Å². The molecule has 0 atom stereocenters. The Morgan fingerprint density at radius 3 is 2.47 bits per heavy atom. The molecule has 0 aliphatic carbocycles. The Balaban J connectivity index is 2.40. The lowest BCUT2D eigenvalue weighted by atomic mass is 10.1. The molecule has 7 heteroatoms. The number of nitrogens with two attached hydrogens (primary N) is 1. The second-order valence-corrected chi connectivity index (χ2v) is 4.45. The van der Waals surface area contributed by atoms with E-state index in [0.717, 1.165) is 11.6 Å². The van der Waals surface area contributed by atoms with Crippen molar-refractivity contribution in [2.75, 3.05) is 0 Å². The van der Waals surface area contributed by atoms with Gasteiger partial charge in [-0.15, -0.1) is 0 Å². The molecule has 0 bridgehead atoms. The average Bonchev–Trinajstić information content (AvgIpc) is 2.76. The van der Waals surface area contributed by atoms with Crippen molar-refractivity contribution in [3.63, 3.8) is 0 Å². The van der Waals surface area contributed by atoms with Gasteiger partial charge in [-0.2, -0.15) is 18.3 Å². The molecular formula is C12H10F3N3S. The average molecular weight is 285 g/mol. The summed E-state index contributed by atoms with van der Waals surface area (Å²) in [5.74, 6) is 0. The van der Waals surface area contributed by atoms with Crippen molar-refractivity contribution in [3.05, 3.63) is 47.3 Å². The molecule has 0 aliphatic rings. The lowest BCUT2D eigenvalue weighted by Gasteiger charge is -2.07. The molecule has 0 radical (unpaired) electrons. The van der Waals surface area contributed by atoms with E-state index in [0.29, 0.717) is 11.3 Å². The first kappa shape index (κ1) is 13.5. The Bertz CT molecular complexity index is 631. The number of benzene rings is 1. The van der Waals surface area contributed by atoms with E-state index < -0.39 is 11.9 Å². The highest BCUT2D eigenvalue weighted by Gasteiger charge is 2.33. The number of hydrogen-bond acceptors (Lipinski definition) is 2. The summed E-state index contributed by atoms with van der Waals surface area (Å²) < 4.78 is 38.5. The Labute approximate surface area is 112 Å². The largest absolute Gasteiger partial charge is 0.435 e. The summed E-state index contributed by atoms with van der Waals surface area (Å²) >= 11 is 4.87. The van der Waals surface area contributed by atoms with Gasteiger partial charge in [0.15, 0.2) is 5.69 Å². The number of halogens is 3. The standard InChI is InChI=1S/C12H10F3N3S/c1-7-6-8(2-3-9(7)11(16)19)18-5-4-10(17-18)12(13,14)15/h2-6H,1H3,(H2,16,19). The number of alkyl halides is 3. The third-order valence-electron chi connectivity index (χ3n) is 2.62. The van der Waals surface area contributed by atoms with E-state index >= 15 is 0 Å². The molecule has 2 N–H and O–H groups in total. The zero-order chi connectivity index (χ0) is 14.2. The monoisotopic (exact) mass is 285 g/mol. The van der Waals surface area contributed by atoms with Gasteiger partial charge in [-0.1, -0.05) is 12.2 Å². The summed E-state index contributed by atoms with van der Waals surface area (Å²) in [4.78, 5) is 0.250. The van der Waals surface area contributed by atoms with Crippen LogP contribution in [0.15, 0.2) is 30.5 Å². The molecule has 0 amide bonds. The molecule has 2 aromatic rings. The molecule has 1 heterocycles. The topological polar surface area (TPSA) is 43.8 Å². The Hall–Kier alpha value is -1.89. The summed E-state index contributed by atoms with van der Waals surface area (Å²) in [6.45, 7) is 1.78. The summed E-state index contributed by atoms with van der Waals surface area (Å²) in [5, 5.41) is 3.49. The van der Waals surface area contributed by atoms with Crippen LogP contribution in [0.5, 0.6) is 0 Å². The molecule has 0 unspecified atom stereocenters. The summed E-state index contributed by atoms with van der Waals surface area (Å²) in [6, 6.07) is 5.90. The van der Waals surface area contributed by atoms with Crippen LogP contribution in [-0.2, 0) is 6.18 Å². The van der Waals surface area contributed by atoms with Crippen molar-refractivity contribution in [1.82, 2.24) is 9.78 Å². The molecule has 1 aromatic heterocycles. The SMILES string of the molecule is Cc1cc(-n2ccc(C(F)(F)F)n2)ccc1C(N)=S. The van der Waals surface area contributed by atoms with E-state index in [1.54, 1.807) is 25.1 Å². The van der Waals surface area contributed by atoms with Crippen LogP contribution in [-0.4, -0.2) is 14.8 Å². The van der Waals surface area contributed by atoms with E-state index in [1.807, 2.05) is 0 Å². The van der Waals surface area contributed by atoms with Gasteiger partial charge in [0.25, 0.3) is 0 Å². The fraction of sp³-hybridized carbons (Fsp3) is 0.167. The molecule has 100 valence electrons. The van der Waals surface area contributed by atoms with Gasteiger partial charge in [-0.25, -0.2) is 4.68 Å². The second kappa shape index (κ2) is 4.65. The zero-order valence-electron chi connectivity index (χ0n) is 9.90. The number of hydrogen-bond donors (Lipinski definition) is 1. The highest BCUT2D eigenvalue weighted by atomic mass is 32.1. The van der Waals surface area contributed by atoms with Gasteiger partial charge in [0, 0.05) is 11.8 Å². The molecule has 2 rings (SSSR count). The molecule has 0 saturated heterocycles. The lowest BCUT2D eigenvalue weighted by molar-refractivity contribution is -0.141. The molecule has 0 saturated carbocycles.